The van der Waals surface area contributed by atoms with Gasteiger partial charge in [0, 0.05) is 20.2 Å². The maximum absolute atomic E-state index is 5.35. The Morgan fingerprint density at radius 1 is 1.25 bits per heavy atom. The summed E-state index contributed by atoms with van der Waals surface area (Å²) in [6.07, 6.45) is 0.607. The Morgan fingerprint density at radius 3 is 2.42 bits per heavy atom. The molecule has 0 rings (SSSR count). The van der Waals surface area contributed by atoms with Crippen molar-refractivity contribution >= 4 is 0 Å². The zero-order valence-corrected chi connectivity index (χ0v) is 8.59. The lowest BCUT2D eigenvalue weighted by Crippen LogP contribution is -2.29. The number of hydrogen-bond donors (Lipinski definition) is 1. The van der Waals surface area contributed by atoms with Gasteiger partial charge in [0.1, 0.15) is 0 Å². The molecule has 0 aromatic heterocycles. The summed E-state index contributed by atoms with van der Waals surface area (Å²) in [6.45, 7) is 8.67. The topological polar surface area (TPSA) is 30.5 Å². The molecule has 0 saturated heterocycles. The Morgan fingerprint density at radius 2 is 1.92 bits per heavy atom. The van der Waals surface area contributed by atoms with Crippen molar-refractivity contribution in [3.63, 3.8) is 0 Å². The lowest BCUT2D eigenvalue weighted by molar-refractivity contribution is 0.0752. The monoisotopic (exact) mass is 175 g/mol. The zero-order chi connectivity index (χ0) is 9.40. The molecule has 0 spiro atoms. The SMILES string of the molecule is COC(C)CNCCOC(C)C. The Kier molecular flexibility index (Phi) is 7.45. The molecule has 1 atom stereocenters. The number of hydrogen-bond acceptors (Lipinski definition) is 3. The Balaban J connectivity index is 3.00. The quantitative estimate of drug-likeness (QED) is 0.586. The first-order valence-electron chi connectivity index (χ1n) is 4.52. The van der Waals surface area contributed by atoms with Gasteiger partial charge in [0.05, 0.1) is 18.8 Å². The maximum atomic E-state index is 5.35. The van der Waals surface area contributed by atoms with Gasteiger partial charge in [-0.25, -0.2) is 0 Å². The summed E-state index contributed by atoms with van der Waals surface area (Å²) in [6, 6.07) is 0. The Hall–Kier alpha value is -0.120. The van der Waals surface area contributed by atoms with Gasteiger partial charge < -0.3 is 14.8 Å². The van der Waals surface area contributed by atoms with Crippen LogP contribution >= 0.6 is 0 Å². The molecule has 0 aromatic carbocycles. The molecule has 0 aliphatic carbocycles. The molecule has 0 fully saturated rings. The van der Waals surface area contributed by atoms with Gasteiger partial charge in [0.2, 0.25) is 0 Å². The summed E-state index contributed by atoms with van der Waals surface area (Å²) < 4.78 is 10.4. The fourth-order valence-corrected chi connectivity index (χ4v) is 0.755. The molecule has 0 bridgehead atoms. The molecule has 3 nitrogen and oxygen atoms in total. The first kappa shape index (κ1) is 11.9. The van der Waals surface area contributed by atoms with E-state index in [1.165, 1.54) is 0 Å². The molecule has 12 heavy (non-hydrogen) atoms. The van der Waals surface area contributed by atoms with Crippen LogP contribution in [0.1, 0.15) is 20.8 Å². The zero-order valence-electron chi connectivity index (χ0n) is 8.59. The number of methoxy groups -OCH3 is 1. The second-order valence-corrected chi connectivity index (χ2v) is 3.17. The van der Waals surface area contributed by atoms with Crippen molar-refractivity contribution in [1.29, 1.82) is 0 Å². The molecular formula is C9H21NO2. The van der Waals surface area contributed by atoms with Crippen molar-refractivity contribution in [3.8, 4) is 0 Å². The smallest absolute Gasteiger partial charge is 0.0667 e. The second kappa shape index (κ2) is 7.53. The first-order chi connectivity index (χ1) is 5.66. The largest absolute Gasteiger partial charge is 0.380 e. The summed E-state index contributed by atoms with van der Waals surface area (Å²) in [5, 5.41) is 3.24. The summed E-state index contributed by atoms with van der Waals surface area (Å²) in [5.41, 5.74) is 0. The minimum Gasteiger partial charge on any atom is -0.380 e. The Labute approximate surface area is 75.4 Å². The average Bonchev–Trinajstić information content (AvgIpc) is 2.03. The standard InChI is InChI=1S/C9H21NO2/c1-8(2)12-6-5-10-7-9(3)11-4/h8-10H,5-7H2,1-4H3. The van der Waals surface area contributed by atoms with E-state index in [9.17, 15) is 0 Å². The van der Waals surface area contributed by atoms with Gasteiger partial charge in [-0.05, 0) is 20.8 Å². The number of ether oxygens (including phenoxy) is 2. The van der Waals surface area contributed by atoms with Crippen LogP contribution in [0.2, 0.25) is 0 Å². The van der Waals surface area contributed by atoms with Crippen molar-refractivity contribution in [2.45, 2.75) is 33.0 Å². The van der Waals surface area contributed by atoms with E-state index >= 15 is 0 Å². The third-order valence-corrected chi connectivity index (χ3v) is 1.56. The highest BCUT2D eigenvalue weighted by atomic mass is 16.5. The number of rotatable bonds is 7. The predicted molar refractivity (Wildman–Crippen MR) is 50.4 cm³/mol. The van der Waals surface area contributed by atoms with Crippen molar-refractivity contribution in [2.24, 2.45) is 0 Å². The van der Waals surface area contributed by atoms with Crippen molar-refractivity contribution in [3.05, 3.63) is 0 Å². The second-order valence-electron chi connectivity index (χ2n) is 3.17. The highest BCUT2D eigenvalue weighted by Gasteiger charge is 1.97. The molecule has 1 N–H and O–H groups in total. The minimum atomic E-state index is 0.282. The lowest BCUT2D eigenvalue weighted by atomic mass is 10.4. The van der Waals surface area contributed by atoms with E-state index in [2.05, 4.69) is 5.32 Å². The van der Waals surface area contributed by atoms with Gasteiger partial charge in [0.15, 0.2) is 0 Å². The summed E-state index contributed by atoms with van der Waals surface area (Å²) >= 11 is 0. The molecule has 0 saturated carbocycles. The van der Waals surface area contributed by atoms with Crippen molar-refractivity contribution in [2.75, 3.05) is 26.8 Å². The fraction of sp³-hybridized carbons (Fsp3) is 1.00. The van der Waals surface area contributed by atoms with Crippen LogP contribution in [-0.2, 0) is 9.47 Å². The summed E-state index contributed by atoms with van der Waals surface area (Å²) in [5.74, 6) is 0. The summed E-state index contributed by atoms with van der Waals surface area (Å²) in [7, 11) is 1.72. The van der Waals surface area contributed by atoms with E-state index in [1.54, 1.807) is 7.11 Å². The van der Waals surface area contributed by atoms with E-state index in [0.29, 0.717) is 6.10 Å². The maximum Gasteiger partial charge on any atom is 0.0667 e. The van der Waals surface area contributed by atoms with Gasteiger partial charge in [-0.1, -0.05) is 0 Å². The van der Waals surface area contributed by atoms with E-state index in [0.717, 1.165) is 19.7 Å². The van der Waals surface area contributed by atoms with Gasteiger partial charge in [-0.2, -0.15) is 0 Å². The molecule has 1 unspecified atom stereocenters. The molecule has 0 aliphatic rings. The predicted octanol–water partition coefficient (Wildman–Crippen LogP) is 1.04. The highest BCUT2D eigenvalue weighted by Crippen LogP contribution is 1.86. The molecule has 0 heterocycles. The molecule has 0 radical (unpaired) electrons. The molecule has 0 amide bonds. The molecule has 0 aromatic rings. The highest BCUT2D eigenvalue weighted by molar-refractivity contribution is 4.53. The molecule has 3 heteroatoms. The van der Waals surface area contributed by atoms with E-state index in [4.69, 9.17) is 9.47 Å². The van der Waals surface area contributed by atoms with Crippen LogP contribution in [0.25, 0.3) is 0 Å². The van der Waals surface area contributed by atoms with E-state index in [-0.39, 0.29) is 6.10 Å². The lowest BCUT2D eigenvalue weighted by Gasteiger charge is -2.11. The third kappa shape index (κ3) is 7.98. The van der Waals surface area contributed by atoms with Crippen LogP contribution in [0.15, 0.2) is 0 Å². The van der Waals surface area contributed by atoms with Crippen LogP contribution in [0.3, 0.4) is 0 Å². The van der Waals surface area contributed by atoms with Crippen LogP contribution in [0, 0.1) is 0 Å². The summed E-state index contributed by atoms with van der Waals surface area (Å²) in [4.78, 5) is 0. The van der Waals surface area contributed by atoms with Gasteiger partial charge in [-0.3, -0.25) is 0 Å². The first-order valence-corrected chi connectivity index (χ1v) is 4.52. The number of nitrogens with one attached hydrogen (secondary N) is 1. The van der Waals surface area contributed by atoms with E-state index < -0.39 is 0 Å². The van der Waals surface area contributed by atoms with Crippen molar-refractivity contribution in [1.82, 2.24) is 5.32 Å². The van der Waals surface area contributed by atoms with Crippen LogP contribution in [0.5, 0.6) is 0 Å². The van der Waals surface area contributed by atoms with Crippen molar-refractivity contribution < 1.29 is 9.47 Å². The Bertz CT molecular complexity index is 96.5. The van der Waals surface area contributed by atoms with Gasteiger partial charge in [0.25, 0.3) is 0 Å². The van der Waals surface area contributed by atoms with Crippen LogP contribution in [-0.4, -0.2) is 39.0 Å². The molecule has 74 valence electrons. The van der Waals surface area contributed by atoms with Crippen LogP contribution < -0.4 is 5.32 Å². The third-order valence-electron chi connectivity index (χ3n) is 1.56. The normalized spacial score (nSPS) is 13.8. The molecule has 0 aliphatic heterocycles. The van der Waals surface area contributed by atoms with E-state index in [1.807, 2.05) is 20.8 Å². The minimum absolute atomic E-state index is 0.282. The average molecular weight is 175 g/mol. The van der Waals surface area contributed by atoms with Gasteiger partial charge >= 0.3 is 0 Å². The van der Waals surface area contributed by atoms with Gasteiger partial charge in [-0.15, -0.1) is 0 Å². The fourth-order valence-electron chi connectivity index (χ4n) is 0.755. The molecular weight excluding hydrogens is 154 g/mol. The van der Waals surface area contributed by atoms with Crippen LogP contribution in [0.4, 0.5) is 0 Å².